The van der Waals surface area contributed by atoms with E-state index in [2.05, 4.69) is 0 Å². The second-order valence-electron chi connectivity index (χ2n) is 7.46. The average molecular weight is 413 g/mol. The number of amides is 1. The molecule has 1 aliphatic rings. The van der Waals surface area contributed by atoms with E-state index in [1.807, 2.05) is 19.0 Å². The Balaban J connectivity index is 1.88. The fourth-order valence-corrected chi connectivity index (χ4v) is 3.96. The first-order valence-corrected chi connectivity index (χ1v) is 9.75. The third kappa shape index (κ3) is 3.50. The Morgan fingerprint density at radius 3 is 2.55 bits per heavy atom. The zero-order chi connectivity index (χ0) is 20.7. The molecule has 7 heteroatoms. The molecule has 6 nitrogen and oxygen atoms in total. The average Bonchev–Trinajstić information content (AvgIpc) is 2.95. The van der Waals surface area contributed by atoms with Crippen LogP contribution in [0.5, 0.6) is 5.75 Å². The highest BCUT2D eigenvalue weighted by Crippen LogP contribution is 2.38. The predicted octanol–water partition coefficient (Wildman–Crippen LogP) is 3.65. The molecule has 0 spiro atoms. The van der Waals surface area contributed by atoms with Crippen molar-refractivity contribution in [2.24, 2.45) is 0 Å². The molecule has 1 atom stereocenters. The van der Waals surface area contributed by atoms with Crippen molar-refractivity contribution in [1.29, 1.82) is 0 Å². The van der Waals surface area contributed by atoms with Crippen molar-refractivity contribution in [1.82, 2.24) is 9.80 Å². The topological polar surface area (TPSA) is 74.0 Å². The van der Waals surface area contributed by atoms with Gasteiger partial charge in [0.25, 0.3) is 5.91 Å². The van der Waals surface area contributed by atoms with Gasteiger partial charge in [-0.05, 0) is 63.0 Å². The number of carbonyl (C=O) groups excluding carboxylic acids is 1. The number of rotatable bonds is 5. The lowest BCUT2D eigenvalue weighted by molar-refractivity contribution is 0.0722. The summed E-state index contributed by atoms with van der Waals surface area (Å²) in [6.45, 7) is 1.28. The second kappa shape index (κ2) is 7.54. The van der Waals surface area contributed by atoms with Crippen LogP contribution in [0.2, 0.25) is 5.02 Å². The molecule has 0 saturated heterocycles. The first kappa shape index (κ1) is 19.5. The maximum atomic E-state index is 13.3. The summed E-state index contributed by atoms with van der Waals surface area (Å²) in [6.07, 6.45) is 0.751. The zero-order valence-electron chi connectivity index (χ0n) is 16.2. The van der Waals surface area contributed by atoms with Crippen LogP contribution in [0.25, 0.3) is 11.0 Å². The van der Waals surface area contributed by atoms with Crippen molar-refractivity contribution >= 4 is 28.5 Å². The van der Waals surface area contributed by atoms with Gasteiger partial charge in [-0.25, -0.2) is 0 Å². The van der Waals surface area contributed by atoms with E-state index in [1.165, 1.54) is 0 Å². The molecule has 1 aromatic heterocycles. The van der Waals surface area contributed by atoms with Gasteiger partial charge in [-0.3, -0.25) is 9.59 Å². The normalized spacial score (nSPS) is 16.1. The van der Waals surface area contributed by atoms with Crippen LogP contribution < -0.4 is 5.43 Å². The van der Waals surface area contributed by atoms with Crippen LogP contribution in [0, 0.1) is 0 Å². The molecular formula is C22H21ClN2O4. The van der Waals surface area contributed by atoms with E-state index >= 15 is 0 Å². The molecule has 3 aromatic rings. The van der Waals surface area contributed by atoms with Crippen LogP contribution in [-0.2, 0) is 0 Å². The Kier molecular flexibility index (Phi) is 5.06. The summed E-state index contributed by atoms with van der Waals surface area (Å²) in [5.74, 6) is -0.103. The minimum atomic E-state index is -0.570. The highest BCUT2D eigenvalue weighted by Gasteiger charge is 2.42. The first-order chi connectivity index (χ1) is 13.9. The van der Waals surface area contributed by atoms with Crippen LogP contribution in [0.4, 0.5) is 0 Å². The van der Waals surface area contributed by atoms with Crippen molar-refractivity contribution in [2.75, 3.05) is 27.2 Å². The van der Waals surface area contributed by atoms with Crippen molar-refractivity contribution < 1.29 is 14.3 Å². The number of halogens is 1. The Bertz CT molecular complexity index is 1140. The molecule has 2 aromatic carbocycles. The minimum Gasteiger partial charge on any atom is -0.508 e. The molecule has 29 heavy (non-hydrogen) atoms. The molecule has 0 fully saturated rings. The van der Waals surface area contributed by atoms with Gasteiger partial charge < -0.3 is 19.3 Å². The number of benzene rings is 2. The molecule has 1 unspecified atom stereocenters. The van der Waals surface area contributed by atoms with Crippen molar-refractivity contribution in [3.63, 3.8) is 0 Å². The Morgan fingerprint density at radius 2 is 1.86 bits per heavy atom. The van der Waals surface area contributed by atoms with E-state index in [-0.39, 0.29) is 22.8 Å². The molecule has 0 radical (unpaired) electrons. The SMILES string of the molecule is CN(C)CCCN1C(=O)c2oc3ccc(Cl)cc3c(=O)c2C1c1ccc(O)cc1. The summed E-state index contributed by atoms with van der Waals surface area (Å²) in [6, 6.07) is 10.8. The smallest absolute Gasteiger partial charge is 0.290 e. The Hall–Kier alpha value is -2.83. The zero-order valence-corrected chi connectivity index (χ0v) is 16.9. The van der Waals surface area contributed by atoms with Gasteiger partial charge in [0.15, 0.2) is 5.43 Å². The maximum Gasteiger partial charge on any atom is 0.290 e. The summed E-state index contributed by atoms with van der Waals surface area (Å²) in [5, 5.41) is 10.4. The lowest BCUT2D eigenvalue weighted by atomic mass is 9.98. The van der Waals surface area contributed by atoms with Gasteiger partial charge in [0.05, 0.1) is 17.0 Å². The van der Waals surface area contributed by atoms with Gasteiger partial charge in [-0.2, -0.15) is 0 Å². The van der Waals surface area contributed by atoms with Crippen LogP contribution >= 0.6 is 11.6 Å². The van der Waals surface area contributed by atoms with E-state index in [0.29, 0.717) is 28.1 Å². The lowest BCUT2D eigenvalue weighted by Crippen LogP contribution is -2.32. The number of fused-ring (bicyclic) bond motifs is 2. The van der Waals surface area contributed by atoms with Crippen molar-refractivity contribution in [3.8, 4) is 5.75 Å². The van der Waals surface area contributed by atoms with Crippen LogP contribution in [-0.4, -0.2) is 48.0 Å². The molecule has 4 rings (SSSR count). The standard InChI is InChI=1S/C22H21ClN2O4/c1-24(2)10-3-11-25-19(13-4-7-15(26)8-5-13)18-20(27)16-12-14(23)6-9-17(16)29-21(18)22(25)28/h4-9,12,19,26H,3,10-11H2,1-2H3. The van der Waals surface area contributed by atoms with Crippen LogP contribution in [0.15, 0.2) is 51.7 Å². The monoisotopic (exact) mass is 412 g/mol. The fraction of sp³-hybridized carbons (Fsp3) is 0.273. The number of phenolic OH excluding ortho intramolecular Hbond substituents is 1. The van der Waals surface area contributed by atoms with Gasteiger partial charge in [-0.1, -0.05) is 23.7 Å². The summed E-state index contributed by atoms with van der Waals surface area (Å²) in [7, 11) is 3.94. The van der Waals surface area contributed by atoms with Gasteiger partial charge >= 0.3 is 0 Å². The largest absolute Gasteiger partial charge is 0.508 e. The Morgan fingerprint density at radius 1 is 1.14 bits per heavy atom. The summed E-state index contributed by atoms with van der Waals surface area (Å²) in [5.41, 5.74) is 1.14. The molecule has 0 saturated carbocycles. The molecule has 1 N–H and O–H groups in total. The summed E-state index contributed by atoms with van der Waals surface area (Å²) < 4.78 is 5.88. The van der Waals surface area contributed by atoms with E-state index in [4.69, 9.17) is 16.0 Å². The molecule has 150 valence electrons. The molecule has 1 aliphatic heterocycles. The number of carbonyl (C=O) groups is 1. The lowest BCUT2D eigenvalue weighted by Gasteiger charge is -2.25. The maximum absolute atomic E-state index is 13.3. The number of hydrogen-bond acceptors (Lipinski definition) is 5. The van der Waals surface area contributed by atoms with Crippen molar-refractivity contribution in [3.05, 3.63) is 74.6 Å². The van der Waals surface area contributed by atoms with E-state index in [0.717, 1.165) is 18.5 Å². The minimum absolute atomic E-state index is 0.0766. The molecular weight excluding hydrogens is 392 g/mol. The quantitative estimate of drug-likeness (QED) is 0.692. The number of phenols is 1. The van der Waals surface area contributed by atoms with Gasteiger partial charge in [0.1, 0.15) is 11.3 Å². The number of hydrogen-bond donors (Lipinski definition) is 1. The van der Waals surface area contributed by atoms with Crippen LogP contribution in [0.3, 0.4) is 0 Å². The van der Waals surface area contributed by atoms with Gasteiger partial charge in [0.2, 0.25) is 5.76 Å². The third-order valence-corrected chi connectivity index (χ3v) is 5.38. The number of nitrogens with zero attached hydrogens (tertiary/aromatic N) is 2. The molecule has 2 heterocycles. The van der Waals surface area contributed by atoms with E-state index < -0.39 is 6.04 Å². The second-order valence-corrected chi connectivity index (χ2v) is 7.90. The molecule has 1 amide bonds. The molecule has 0 bridgehead atoms. The highest BCUT2D eigenvalue weighted by atomic mass is 35.5. The van der Waals surface area contributed by atoms with E-state index in [1.54, 1.807) is 47.4 Å². The fourth-order valence-electron chi connectivity index (χ4n) is 3.78. The Labute approximate surface area is 172 Å². The molecule has 0 aliphatic carbocycles. The van der Waals surface area contributed by atoms with E-state index in [9.17, 15) is 14.7 Å². The highest BCUT2D eigenvalue weighted by molar-refractivity contribution is 6.31. The van der Waals surface area contributed by atoms with Crippen LogP contribution in [0.1, 0.15) is 34.1 Å². The van der Waals surface area contributed by atoms with Crippen molar-refractivity contribution in [2.45, 2.75) is 12.5 Å². The predicted molar refractivity (Wildman–Crippen MR) is 112 cm³/mol. The number of aromatic hydroxyl groups is 1. The first-order valence-electron chi connectivity index (χ1n) is 9.37. The van der Waals surface area contributed by atoms with Gasteiger partial charge in [0, 0.05) is 11.6 Å². The third-order valence-electron chi connectivity index (χ3n) is 5.14. The van der Waals surface area contributed by atoms with Gasteiger partial charge in [-0.15, -0.1) is 0 Å². The summed E-state index contributed by atoms with van der Waals surface area (Å²) in [4.78, 5) is 30.2. The summed E-state index contributed by atoms with van der Waals surface area (Å²) >= 11 is 6.08.